The lowest BCUT2D eigenvalue weighted by atomic mass is 10.2. The largest absolute Gasteiger partial charge is 0.395 e. The minimum Gasteiger partial charge on any atom is -0.395 e. The Morgan fingerprint density at radius 2 is 2.00 bits per heavy atom. The zero-order chi connectivity index (χ0) is 14.8. The van der Waals surface area contributed by atoms with E-state index in [-0.39, 0.29) is 12.5 Å². The van der Waals surface area contributed by atoms with Crippen molar-refractivity contribution in [3.8, 4) is 0 Å². The topological polar surface area (TPSA) is 59.0 Å². The normalized spacial score (nSPS) is 12.2. The molecule has 1 N–H and O–H groups in total. The molecule has 0 fully saturated rings. The van der Waals surface area contributed by atoms with E-state index >= 15 is 0 Å². The molecular formula is C15H23NO4. The van der Waals surface area contributed by atoms with E-state index in [4.69, 9.17) is 14.6 Å². The Balaban J connectivity index is 2.46. The molecule has 1 aromatic rings. The van der Waals surface area contributed by atoms with E-state index in [1.807, 2.05) is 30.3 Å². The van der Waals surface area contributed by atoms with Crippen molar-refractivity contribution in [1.29, 1.82) is 0 Å². The number of nitrogens with zero attached hydrogens (tertiary/aromatic N) is 1. The van der Waals surface area contributed by atoms with Gasteiger partial charge in [-0.1, -0.05) is 30.3 Å². The summed E-state index contributed by atoms with van der Waals surface area (Å²) in [5.74, 6) is -0.132. The summed E-state index contributed by atoms with van der Waals surface area (Å²) in [6.07, 6.45) is -0.543. The molecule has 0 saturated carbocycles. The number of carbonyl (C=O) groups excluding carboxylic acids is 1. The molecule has 0 spiro atoms. The van der Waals surface area contributed by atoms with Crippen LogP contribution in [0.3, 0.4) is 0 Å². The van der Waals surface area contributed by atoms with Gasteiger partial charge in [-0.2, -0.15) is 0 Å². The first-order chi connectivity index (χ1) is 9.69. The van der Waals surface area contributed by atoms with Crippen LogP contribution < -0.4 is 0 Å². The monoisotopic (exact) mass is 281 g/mol. The molecule has 0 aliphatic heterocycles. The smallest absolute Gasteiger partial charge is 0.251 e. The molecule has 0 aliphatic carbocycles. The lowest BCUT2D eigenvalue weighted by Crippen LogP contribution is -2.42. The Bertz CT molecular complexity index is 383. The van der Waals surface area contributed by atoms with Crippen molar-refractivity contribution in [2.45, 2.75) is 19.6 Å². The Morgan fingerprint density at radius 1 is 1.30 bits per heavy atom. The number of methoxy groups -OCH3 is 1. The summed E-state index contributed by atoms with van der Waals surface area (Å²) in [7, 11) is 1.58. The molecule has 1 atom stereocenters. The molecule has 0 heterocycles. The van der Waals surface area contributed by atoms with Gasteiger partial charge in [0.25, 0.3) is 5.91 Å². The second kappa shape index (κ2) is 9.47. The van der Waals surface area contributed by atoms with Gasteiger partial charge in [0.15, 0.2) is 0 Å². The molecule has 1 amide bonds. The van der Waals surface area contributed by atoms with Crippen LogP contribution in [0.15, 0.2) is 30.3 Å². The van der Waals surface area contributed by atoms with Gasteiger partial charge < -0.3 is 19.5 Å². The number of amides is 1. The van der Waals surface area contributed by atoms with Crippen molar-refractivity contribution in [3.05, 3.63) is 35.9 Å². The summed E-state index contributed by atoms with van der Waals surface area (Å²) in [6, 6.07) is 9.71. The van der Waals surface area contributed by atoms with Crippen molar-refractivity contribution in [1.82, 2.24) is 4.90 Å². The Labute approximate surface area is 120 Å². The van der Waals surface area contributed by atoms with Crippen LogP contribution in [0.1, 0.15) is 12.5 Å². The van der Waals surface area contributed by atoms with Crippen molar-refractivity contribution in [2.24, 2.45) is 0 Å². The molecule has 112 valence electrons. The van der Waals surface area contributed by atoms with E-state index in [2.05, 4.69) is 0 Å². The van der Waals surface area contributed by atoms with E-state index in [1.165, 1.54) is 0 Å². The maximum Gasteiger partial charge on any atom is 0.251 e. The van der Waals surface area contributed by atoms with Crippen LogP contribution >= 0.6 is 0 Å². The van der Waals surface area contributed by atoms with Crippen LogP contribution in [-0.2, 0) is 20.9 Å². The fourth-order valence-corrected chi connectivity index (χ4v) is 1.78. The number of hydrogen-bond donors (Lipinski definition) is 1. The quantitative estimate of drug-likeness (QED) is 0.735. The minimum atomic E-state index is -0.543. The first-order valence-corrected chi connectivity index (χ1v) is 6.73. The van der Waals surface area contributed by atoms with Crippen LogP contribution in [0.2, 0.25) is 0 Å². The second-order valence-electron chi connectivity index (χ2n) is 4.48. The zero-order valence-electron chi connectivity index (χ0n) is 12.1. The van der Waals surface area contributed by atoms with E-state index in [9.17, 15) is 4.79 Å². The molecule has 1 unspecified atom stereocenters. The summed E-state index contributed by atoms with van der Waals surface area (Å²) >= 11 is 0. The average Bonchev–Trinajstić information content (AvgIpc) is 2.49. The Hall–Kier alpha value is -1.43. The van der Waals surface area contributed by atoms with Gasteiger partial charge in [-0.05, 0) is 12.5 Å². The number of benzene rings is 1. The van der Waals surface area contributed by atoms with Gasteiger partial charge in [0.1, 0.15) is 6.10 Å². The molecule has 1 aromatic carbocycles. The summed E-state index contributed by atoms with van der Waals surface area (Å²) < 4.78 is 10.5. The van der Waals surface area contributed by atoms with Crippen molar-refractivity contribution < 1.29 is 19.4 Å². The van der Waals surface area contributed by atoms with Crippen LogP contribution in [0.4, 0.5) is 0 Å². The van der Waals surface area contributed by atoms with Gasteiger partial charge in [-0.25, -0.2) is 0 Å². The SMILES string of the molecule is COCCN(CCO)C(=O)C(C)OCc1ccccc1. The first-order valence-electron chi connectivity index (χ1n) is 6.73. The van der Waals surface area contributed by atoms with Crippen LogP contribution in [0, 0.1) is 0 Å². The molecule has 1 rings (SSSR count). The molecule has 0 aromatic heterocycles. The first kappa shape index (κ1) is 16.6. The molecule has 5 heteroatoms. The third-order valence-corrected chi connectivity index (χ3v) is 2.94. The van der Waals surface area contributed by atoms with Gasteiger partial charge in [0, 0.05) is 20.2 Å². The van der Waals surface area contributed by atoms with E-state index in [1.54, 1.807) is 18.9 Å². The van der Waals surface area contributed by atoms with Gasteiger partial charge >= 0.3 is 0 Å². The van der Waals surface area contributed by atoms with Crippen molar-refractivity contribution >= 4 is 5.91 Å². The molecule has 0 aliphatic rings. The van der Waals surface area contributed by atoms with Gasteiger partial charge in [-0.3, -0.25) is 4.79 Å². The van der Waals surface area contributed by atoms with Gasteiger partial charge in [0.2, 0.25) is 0 Å². The zero-order valence-corrected chi connectivity index (χ0v) is 12.1. The van der Waals surface area contributed by atoms with Gasteiger partial charge in [-0.15, -0.1) is 0 Å². The lowest BCUT2D eigenvalue weighted by Gasteiger charge is -2.24. The van der Waals surface area contributed by atoms with Gasteiger partial charge in [0.05, 0.1) is 19.8 Å². The minimum absolute atomic E-state index is 0.0686. The fraction of sp³-hybridized carbons (Fsp3) is 0.533. The molecular weight excluding hydrogens is 258 g/mol. The third kappa shape index (κ3) is 5.69. The van der Waals surface area contributed by atoms with Crippen LogP contribution in [-0.4, -0.2) is 55.4 Å². The number of rotatable bonds is 9. The maximum atomic E-state index is 12.2. The Kier molecular flexibility index (Phi) is 7.87. The third-order valence-electron chi connectivity index (χ3n) is 2.94. The average molecular weight is 281 g/mol. The summed E-state index contributed by atoms with van der Waals surface area (Å²) in [5.41, 5.74) is 1.03. The number of carbonyl (C=O) groups is 1. The van der Waals surface area contributed by atoms with E-state index in [0.717, 1.165) is 5.56 Å². The van der Waals surface area contributed by atoms with Crippen molar-refractivity contribution in [3.63, 3.8) is 0 Å². The summed E-state index contributed by atoms with van der Waals surface area (Å²) in [5, 5.41) is 9.00. The van der Waals surface area contributed by atoms with E-state index < -0.39 is 6.10 Å². The lowest BCUT2D eigenvalue weighted by molar-refractivity contribution is -0.144. The Morgan fingerprint density at radius 3 is 2.60 bits per heavy atom. The summed E-state index contributed by atoms with van der Waals surface area (Å²) in [4.78, 5) is 13.7. The standard InChI is InChI=1S/C15H23NO4/c1-13(20-12-14-6-4-3-5-7-14)15(18)16(8-10-17)9-11-19-2/h3-7,13,17H,8-12H2,1-2H3. The molecule has 0 radical (unpaired) electrons. The van der Waals surface area contributed by atoms with E-state index in [0.29, 0.717) is 26.3 Å². The predicted octanol–water partition coefficient (Wildman–Crippen LogP) is 1.06. The molecule has 0 saturated heterocycles. The second-order valence-corrected chi connectivity index (χ2v) is 4.48. The maximum absolute atomic E-state index is 12.2. The number of hydrogen-bond acceptors (Lipinski definition) is 4. The van der Waals surface area contributed by atoms with Crippen LogP contribution in [0.5, 0.6) is 0 Å². The van der Waals surface area contributed by atoms with Crippen molar-refractivity contribution in [2.75, 3.05) is 33.4 Å². The fourth-order valence-electron chi connectivity index (χ4n) is 1.78. The molecule has 0 bridgehead atoms. The van der Waals surface area contributed by atoms with Crippen LogP contribution in [0.25, 0.3) is 0 Å². The predicted molar refractivity (Wildman–Crippen MR) is 76.2 cm³/mol. The number of aliphatic hydroxyl groups excluding tert-OH is 1. The molecule has 5 nitrogen and oxygen atoms in total. The highest BCUT2D eigenvalue weighted by atomic mass is 16.5. The highest BCUT2D eigenvalue weighted by Gasteiger charge is 2.20. The highest BCUT2D eigenvalue weighted by Crippen LogP contribution is 2.06. The molecule has 20 heavy (non-hydrogen) atoms. The number of aliphatic hydroxyl groups is 1. The summed E-state index contributed by atoms with van der Waals surface area (Å²) in [6.45, 7) is 3.24. The highest BCUT2D eigenvalue weighted by molar-refractivity contribution is 5.80. The number of ether oxygens (including phenoxy) is 2.